The number of rotatable bonds is 2. The number of aryl methyl sites for hydroxylation is 1. The number of fused-ring (bicyclic) bond motifs is 1. The van der Waals surface area contributed by atoms with E-state index in [1.807, 2.05) is 11.3 Å². The highest BCUT2D eigenvalue weighted by Gasteiger charge is 2.04. The Morgan fingerprint density at radius 1 is 1.12 bits per heavy atom. The lowest BCUT2D eigenvalue weighted by molar-refractivity contribution is 0.843. The number of aromatic nitrogens is 1. The van der Waals surface area contributed by atoms with Crippen LogP contribution >= 0.6 is 11.3 Å². The second kappa shape index (κ2) is 3.80. The molecule has 0 saturated heterocycles. The summed E-state index contributed by atoms with van der Waals surface area (Å²) in [5.41, 5.74) is 1.35. The van der Waals surface area contributed by atoms with Crippen molar-refractivity contribution in [3.05, 3.63) is 59.1 Å². The lowest BCUT2D eigenvalue weighted by Gasteiger charge is -2.03. The monoisotopic (exact) mass is 227 g/mol. The Kier molecular flexibility index (Phi) is 2.29. The Hall–Kier alpha value is -1.54. The van der Waals surface area contributed by atoms with Crippen LogP contribution in [0.3, 0.4) is 0 Å². The molecule has 16 heavy (non-hydrogen) atoms. The van der Waals surface area contributed by atoms with E-state index in [1.165, 1.54) is 20.7 Å². The van der Waals surface area contributed by atoms with Crippen molar-refractivity contribution in [2.75, 3.05) is 0 Å². The molecule has 0 bridgehead atoms. The third-order valence-corrected chi connectivity index (χ3v) is 3.86. The largest absolute Gasteiger partial charge is 0.335 e. The molecule has 0 atom stereocenters. The van der Waals surface area contributed by atoms with Crippen LogP contribution in [0.2, 0.25) is 0 Å². The summed E-state index contributed by atoms with van der Waals surface area (Å²) < 4.78 is 2.32. The summed E-state index contributed by atoms with van der Waals surface area (Å²) in [6, 6.07) is 15.0. The minimum absolute atomic E-state index is 0.963. The highest BCUT2D eigenvalue weighted by Crippen LogP contribution is 2.26. The minimum Gasteiger partial charge on any atom is -0.335 e. The van der Waals surface area contributed by atoms with Gasteiger partial charge < -0.3 is 4.57 Å². The third-order valence-electron chi connectivity index (χ3n) is 2.75. The summed E-state index contributed by atoms with van der Waals surface area (Å²) >= 11 is 1.87. The summed E-state index contributed by atoms with van der Waals surface area (Å²) in [5, 5.41) is 1.36. The first-order valence-electron chi connectivity index (χ1n) is 5.42. The maximum Gasteiger partial charge on any atom is 0.103 e. The second-order valence-corrected chi connectivity index (χ2v) is 5.28. The molecule has 0 unspecified atom stereocenters. The van der Waals surface area contributed by atoms with Crippen LogP contribution in [0.1, 0.15) is 10.4 Å². The molecule has 3 aromatic rings. The fraction of sp³-hybridized carbons (Fsp3) is 0.143. The third kappa shape index (κ3) is 1.65. The van der Waals surface area contributed by atoms with Gasteiger partial charge in [-0.1, -0.05) is 30.3 Å². The van der Waals surface area contributed by atoms with Crippen LogP contribution in [0.25, 0.3) is 10.2 Å². The highest BCUT2D eigenvalue weighted by molar-refractivity contribution is 7.18. The van der Waals surface area contributed by atoms with E-state index in [-0.39, 0.29) is 0 Å². The van der Waals surface area contributed by atoms with Crippen LogP contribution in [0.4, 0.5) is 0 Å². The van der Waals surface area contributed by atoms with Crippen LogP contribution in [-0.2, 0) is 6.54 Å². The van der Waals surface area contributed by atoms with Gasteiger partial charge in [0.15, 0.2) is 0 Å². The molecular formula is C14H13NS. The first kappa shape index (κ1) is 9.67. The Morgan fingerprint density at radius 2 is 1.94 bits per heavy atom. The van der Waals surface area contributed by atoms with Gasteiger partial charge in [0, 0.05) is 23.0 Å². The van der Waals surface area contributed by atoms with E-state index in [0.717, 1.165) is 6.54 Å². The number of benzene rings is 1. The minimum atomic E-state index is 0.963. The summed E-state index contributed by atoms with van der Waals surface area (Å²) in [7, 11) is 0. The van der Waals surface area contributed by atoms with Gasteiger partial charge in [-0.3, -0.25) is 0 Å². The van der Waals surface area contributed by atoms with Crippen molar-refractivity contribution >= 4 is 21.6 Å². The quantitative estimate of drug-likeness (QED) is 0.622. The molecule has 0 N–H and O–H groups in total. The van der Waals surface area contributed by atoms with Crippen LogP contribution in [-0.4, -0.2) is 4.57 Å². The number of hydrogen-bond donors (Lipinski definition) is 0. The Balaban J connectivity index is 2.00. The molecule has 80 valence electrons. The van der Waals surface area contributed by atoms with Gasteiger partial charge in [0.25, 0.3) is 0 Å². The van der Waals surface area contributed by atoms with Gasteiger partial charge in [-0.05, 0) is 24.6 Å². The second-order valence-electron chi connectivity index (χ2n) is 4.05. The first-order chi connectivity index (χ1) is 7.83. The van der Waals surface area contributed by atoms with Gasteiger partial charge in [-0.2, -0.15) is 0 Å². The van der Waals surface area contributed by atoms with Crippen molar-refractivity contribution in [2.24, 2.45) is 0 Å². The smallest absolute Gasteiger partial charge is 0.103 e. The molecule has 0 amide bonds. The van der Waals surface area contributed by atoms with Crippen molar-refractivity contribution in [2.45, 2.75) is 13.5 Å². The standard InChI is InChI=1S/C14H13NS/c1-11-9-13-7-8-15(14(13)16-11)10-12-5-3-2-4-6-12/h2-9H,10H2,1H3. The Labute approximate surface area is 99.0 Å². The number of hydrogen-bond acceptors (Lipinski definition) is 1. The number of nitrogens with zero attached hydrogens (tertiary/aromatic N) is 1. The highest BCUT2D eigenvalue weighted by atomic mass is 32.1. The van der Waals surface area contributed by atoms with E-state index >= 15 is 0 Å². The molecule has 0 radical (unpaired) electrons. The SMILES string of the molecule is Cc1cc2ccn(Cc3ccccc3)c2s1. The molecule has 2 heterocycles. The molecule has 0 saturated carbocycles. The van der Waals surface area contributed by atoms with Gasteiger partial charge in [0.1, 0.15) is 4.83 Å². The van der Waals surface area contributed by atoms with E-state index in [4.69, 9.17) is 0 Å². The molecule has 0 fully saturated rings. The zero-order valence-electron chi connectivity index (χ0n) is 9.18. The van der Waals surface area contributed by atoms with Crippen LogP contribution in [0.15, 0.2) is 48.7 Å². The molecule has 0 aliphatic carbocycles. The lowest BCUT2D eigenvalue weighted by atomic mass is 10.2. The van der Waals surface area contributed by atoms with Crippen molar-refractivity contribution in [1.82, 2.24) is 4.57 Å². The zero-order chi connectivity index (χ0) is 11.0. The normalized spacial score (nSPS) is 11.1. The predicted molar refractivity (Wildman–Crippen MR) is 70.1 cm³/mol. The summed E-state index contributed by atoms with van der Waals surface area (Å²) in [6.07, 6.45) is 2.17. The summed E-state index contributed by atoms with van der Waals surface area (Å²) in [5.74, 6) is 0. The summed E-state index contributed by atoms with van der Waals surface area (Å²) in [4.78, 5) is 2.76. The van der Waals surface area contributed by atoms with Crippen molar-refractivity contribution in [3.63, 3.8) is 0 Å². The first-order valence-corrected chi connectivity index (χ1v) is 6.24. The molecule has 2 aromatic heterocycles. The van der Waals surface area contributed by atoms with Gasteiger partial charge in [0.2, 0.25) is 0 Å². The predicted octanol–water partition coefficient (Wildman–Crippen LogP) is 4.06. The molecule has 1 aromatic carbocycles. The fourth-order valence-corrected chi connectivity index (χ4v) is 2.99. The molecule has 2 heteroatoms. The van der Waals surface area contributed by atoms with Crippen molar-refractivity contribution < 1.29 is 0 Å². The van der Waals surface area contributed by atoms with Crippen LogP contribution in [0.5, 0.6) is 0 Å². The van der Waals surface area contributed by atoms with E-state index in [2.05, 4.69) is 60.2 Å². The van der Waals surface area contributed by atoms with E-state index in [1.54, 1.807) is 0 Å². The van der Waals surface area contributed by atoms with Gasteiger partial charge in [-0.25, -0.2) is 0 Å². The molecule has 0 spiro atoms. The van der Waals surface area contributed by atoms with Crippen LogP contribution in [0, 0.1) is 6.92 Å². The Bertz CT molecular complexity index is 604. The zero-order valence-corrected chi connectivity index (χ0v) is 10.00. The average molecular weight is 227 g/mol. The summed E-state index contributed by atoms with van der Waals surface area (Å²) in [6.45, 7) is 3.13. The molecule has 0 aliphatic rings. The maximum atomic E-state index is 2.32. The Morgan fingerprint density at radius 3 is 2.75 bits per heavy atom. The van der Waals surface area contributed by atoms with E-state index < -0.39 is 0 Å². The lowest BCUT2D eigenvalue weighted by Crippen LogP contribution is -1.95. The molecule has 0 aliphatic heterocycles. The van der Waals surface area contributed by atoms with Crippen LogP contribution < -0.4 is 0 Å². The van der Waals surface area contributed by atoms with E-state index in [9.17, 15) is 0 Å². The topological polar surface area (TPSA) is 4.93 Å². The van der Waals surface area contributed by atoms with E-state index in [0.29, 0.717) is 0 Å². The van der Waals surface area contributed by atoms with Gasteiger partial charge in [-0.15, -0.1) is 11.3 Å². The molecule has 3 rings (SSSR count). The average Bonchev–Trinajstić information content (AvgIpc) is 2.81. The number of thiophene rings is 1. The maximum absolute atomic E-state index is 2.32. The fourth-order valence-electron chi connectivity index (χ4n) is 2.01. The van der Waals surface area contributed by atoms with Gasteiger partial charge in [0.05, 0.1) is 0 Å². The molecular weight excluding hydrogens is 214 g/mol. The molecule has 1 nitrogen and oxygen atoms in total. The van der Waals surface area contributed by atoms with Crippen molar-refractivity contribution in [3.8, 4) is 0 Å². The van der Waals surface area contributed by atoms with Crippen molar-refractivity contribution in [1.29, 1.82) is 0 Å². The van der Waals surface area contributed by atoms with Gasteiger partial charge >= 0.3 is 0 Å².